The molecule has 0 aliphatic heterocycles. The lowest BCUT2D eigenvalue weighted by Gasteiger charge is -2.01. The maximum absolute atomic E-state index is 11.0. The molecule has 0 saturated carbocycles. The van der Waals surface area contributed by atoms with Crippen molar-refractivity contribution in [3.63, 3.8) is 0 Å². The van der Waals surface area contributed by atoms with Gasteiger partial charge < -0.3 is 4.42 Å². The molecule has 1 aromatic heterocycles. The summed E-state index contributed by atoms with van der Waals surface area (Å²) in [6, 6.07) is 14.1. The van der Waals surface area contributed by atoms with Gasteiger partial charge in [0.05, 0.1) is 11.1 Å². The number of nitro groups is 1. The standard InChI is InChI=1S/C17H15N3O3/c1-2-16-13(12-7-3-6-10-17(12)23-16)11-18-19-14-8-4-5-9-15(14)20(21)22/h3-11,19H,2H2,1H3/b18-11-. The van der Waals surface area contributed by atoms with Crippen molar-refractivity contribution in [2.75, 3.05) is 5.43 Å². The number of hydrogen-bond donors (Lipinski definition) is 1. The number of benzene rings is 2. The van der Waals surface area contributed by atoms with Crippen LogP contribution >= 0.6 is 0 Å². The highest BCUT2D eigenvalue weighted by Crippen LogP contribution is 2.26. The smallest absolute Gasteiger partial charge is 0.294 e. The quantitative estimate of drug-likeness (QED) is 0.431. The number of anilines is 1. The Morgan fingerprint density at radius 1 is 1.22 bits per heavy atom. The average Bonchev–Trinajstić information content (AvgIpc) is 2.93. The highest BCUT2D eigenvalue weighted by Gasteiger charge is 2.12. The zero-order valence-corrected chi connectivity index (χ0v) is 12.5. The van der Waals surface area contributed by atoms with Gasteiger partial charge in [-0.25, -0.2) is 0 Å². The van der Waals surface area contributed by atoms with Gasteiger partial charge in [-0.2, -0.15) is 5.10 Å². The van der Waals surface area contributed by atoms with Gasteiger partial charge in [0, 0.05) is 23.4 Å². The minimum atomic E-state index is -0.442. The highest BCUT2D eigenvalue weighted by atomic mass is 16.6. The summed E-state index contributed by atoms with van der Waals surface area (Å²) in [7, 11) is 0. The Morgan fingerprint density at radius 2 is 1.96 bits per heavy atom. The number of fused-ring (bicyclic) bond motifs is 1. The van der Waals surface area contributed by atoms with Gasteiger partial charge in [-0.15, -0.1) is 0 Å². The van der Waals surface area contributed by atoms with Crippen LogP contribution in [0.1, 0.15) is 18.2 Å². The second-order valence-corrected chi connectivity index (χ2v) is 4.93. The fourth-order valence-corrected chi connectivity index (χ4v) is 2.41. The molecule has 0 saturated heterocycles. The first kappa shape index (κ1) is 14.8. The highest BCUT2D eigenvalue weighted by molar-refractivity contribution is 5.99. The van der Waals surface area contributed by atoms with E-state index in [0.717, 1.165) is 28.7 Å². The van der Waals surface area contributed by atoms with E-state index in [4.69, 9.17) is 4.42 Å². The van der Waals surface area contributed by atoms with Crippen LogP contribution in [0.4, 0.5) is 11.4 Å². The number of furan rings is 1. The molecule has 0 amide bonds. The summed E-state index contributed by atoms with van der Waals surface area (Å²) in [5.41, 5.74) is 4.75. The second-order valence-electron chi connectivity index (χ2n) is 4.93. The van der Waals surface area contributed by atoms with Crippen molar-refractivity contribution < 1.29 is 9.34 Å². The van der Waals surface area contributed by atoms with E-state index in [-0.39, 0.29) is 5.69 Å². The molecule has 0 bridgehead atoms. The Morgan fingerprint density at radius 3 is 2.74 bits per heavy atom. The van der Waals surface area contributed by atoms with Crippen molar-refractivity contribution in [1.29, 1.82) is 0 Å². The number of nitrogens with zero attached hydrogens (tertiary/aromatic N) is 2. The molecule has 116 valence electrons. The minimum absolute atomic E-state index is 0.0163. The third kappa shape index (κ3) is 2.91. The molecule has 0 atom stereocenters. The number of rotatable bonds is 5. The van der Waals surface area contributed by atoms with E-state index in [1.165, 1.54) is 6.07 Å². The van der Waals surface area contributed by atoms with Crippen molar-refractivity contribution >= 4 is 28.6 Å². The van der Waals surface area contributed by atoms with E-state index in [9.17, 15) is 10.1 Å². The number of nitro benzene ring substituents is 1. The molecular formula is C17H15N3O3. The van der Waals surface area contributed by atoms with Crippen LogP contribution in [0.3, 0.4) is 0 Å². The Hall–Kier alpha value is -3.15. The lowest BCUT2D eigenvalue weighted by Crippen LogP contribution is -1.97. The topological polar surface area (TPSA) is 80.7 Å². The SMILES string of the molecule is CCc1oc2ccccc2c1/C=N\Nc1ccccc1[N+](=O)[O-]. The van der Waals surface area contributed by atoms with Gasteiger partial charge in [0.25, 0.3) is 5.69 Å². The summed E-state index contributed by atoms with van der Waals surface area (Å²) < 4.78 is 5.79. The predicted molar refractivity (Wildman–Crippen MR) is 89.9 cm³/mol. The van der Waals surface area contributed by atoms with Gasteiger partial charge in [-0.05, 0) is 12.1 Å². The minimum Gasteiger partial charge on any atom is -0.460 e. The lowest BCUT2D eigenvalue weighted by molar-refractivity contribution is -0.384. The van der Waals surface area contributed by atoms with Crippen LogP contribution in [-0.2, 0) is 6.42 Å². The van der Waals surface area contributed by atoms with Crippen molar-refractivity contribution in [2.45, 2.75) is 13.3 Å². The zero-order valence-electron chi connectivity index (χ0n) is 12.5. The molecule has 0 radical (unpaired) electrons. The molecule has 1 heterocycles. The number of nitrogens with one attached hydrogen (secondary N) is 1. The zero-order chi connectivity index (χ0) is 16.2. The normalized spacial score (nSPS) is 11.2. The fourth-order valence-electron chi connectivity index (χ4n) is 2.41. The summed E-state index contributed by atoms with van der Waals surface area (Å²) in [4.78, 5) is 10.5. The van der Waals surface area contributed by atoms with E-state index in [1.807, 2.05) is 31.2 Å². The largest absolute Gasteiger partial charge is 0.460 e. The number of hydrazone groups is 1. The van der Waals surface area contributed by atoms with E-state index in [0.29, 0.717) is 5.69 Å². The summed E-state index contributed by atoms with van der Waals surface area (Å²) in [6.07, 6.45) is 2.38. The molecule has 6 heteroatoms. The summed E-state index contributed by atoms with van der Waals surface area (Å²) >= 11 is 0. The van der Waals surface area contributed by atoms with Gasteiger partial charge in [-0.3, -0.25) is 15.5 Å². The summed E-state index contributed by atoms with van der Waals surface area (Å²) in [5, 5.41) is 16.1. The molecule has 1 N–H and O–H groups in total. The van der Waals surface area contributed by atoms with Gasteiger partial charge in [0.2, 0.25) is 0 Å². The van der Waals surface area contributed by atoms with Gasteiger partial charge in [0.15, 0.2) is 0 Å². The Labute approximate surface area is 132 Å². The van der Waals surface area contributed by atoms with Crippen LogP contribution in [0.5, 0.6) is 0 Å². The Bertz CT molecular complexity index is 884. The van der Waals surface area contributed by atoms with Gasteiger partial charge in [-0.1, -0.05) is 37.3 Å². The monoisotopic (exact) mass is 309 g/mol. The molecule has 2 aromatic carbocycles. The third-order valence-corrected chi connectivity index (χ3v) is 3.51. The Balaban J connectivity index is 1.91. The fraction of sp³-hybridized carbons (Fsp3) is 0.118. The number of para-hydroxylation sites is 3. The molecule has 3 aromatic rings. The molecule has 3 rings (SSSR count). The van der Waals surface area contributed by atoms with Crippen LogP contribution in [0.2, 0.25) is 0 Å². The van der Waals surface area contributed by atoms with Crippen LogP contribution in [0.15, 0.2) is 58.0 Å². The van der Waals surface area contributed by atoms with Crippen molar-refractivity contribution in [1.82, 2.24) is 0 Å². The first-order valence-electron chi connectivity index (χ1n) is 7.23. The van der Waals surface area contributed by atoms with E-state index in [2.05, 4.69) is 10.5 Å². The van der Waals surface area contributed by atoms with Gasteiger partial charge >= 0.3 is 0 Å². The number of aryl methyl sites for hydroxylation is 1. The van der Waals surface area contributed by atoms with Crippen molar-refractivity contribution in [3.8, 4) is 0 Å². The van der Waals surface area contributed by atoms with Crippen LogP contribution in [-0.4, -0.2) is 11.1 Å². The van der Waals surface area contributed by atoms with Crippen molar-refractivity contribution in [3.05, 3.63) is 70.0 Å². The second kappa shape index (κ2) is 6.31. The maximum Gasteiger partial charge on any atom is 0.294 e. The van der Waals surface area contributed by atoms with E-state index in [1.54, 1.807) is 24.4 Å². The molecule has 6 nitrogen and oxygen atoms in total. The molecular weight excluding hydrogens is 294 g/mol. The van der Waals surface area contributed by atoms with Crippen LogP contribution in [0.25, 0.3) is 11.0 Å². The summed E-state index contributed by atoms with van der Waals surface area (Å²) in [6.45, 7) is 2.00. The maximum atomic E-state index is 11.0. The first-order chi connectivity index (χ1) is 11.2. The molecule has 23 heavy (non-hydrogen) atoms. The molecule has 0 aliphatic carbocycles. The van der Waals surface area contributed by atoms with Crippen molar-refractivity contribution in [2.24, 2.45) is 5.10 Å². The van der Waals surface area contributed by atoms with Crippen LogP contribution < -0.4 is 5.43 Å². The van der Waals surface area contributed by atoms with Crippen LogP contribution in [0, 0.1) is 10.1 Å². The third-order valence-electron chi connectivity index (χ3n) is 3.51. The molecule has 0 fully saturated rings. The Kier molecular flexibility index (Phi) is 4.05. The van der Waals surface area contributed by atoms with E-state index < -0.39 is 4.92 Å². The lowest BCUT2D eigenvalue weighted by atomic mass is 10.1. The summed E-state index contributed by atoms with van der Waals surface area (Å²) in [5.74, 6) is 0.833. The molecule has 0 aliphatic rings. The molecule has 0 spiro atoms. The first-order valence-corrected chi connectivity index (χ1v) is 7.23. The van der Waals surface area contributed by atoms with Gasteiger partial charge in [0.1, 0.15) is 17.0 Å². The van der Waals surface area contributed by atoms with E-state index >= 15 is 0 Å². The number of hydrogen-bond acceptors (Lipinski definition) is 5. The average molecular weight is 309 g/mol. The molecule has 0 unspecified atom stereocenters. The predicted octanol–water partition coefficient (Wildman–Crippen LogP) is 4.35.